The number of alkyl halides is 3. The Bertz CT molecular complexity index is 565. The molecule has 1 atom stereocenters. The molecule has 1 aliphatic heterocycles. The van der Waals surface area contributed by atoms with E-state index >= 15 is 0 Å². The number of amides is 1. The van der Waals surface area contributed by atoms with Crippen LogP contribution in [0, 0.1) is 11.6 Å². The lowest BCUT2D eigenvalue weighted by molar-refractivity contribution is -0.174. The Labute approximate surface area is 129 Å². The van der Waals surface area contributed by atoms with Crippen molar-refractivity contribution in [2.75, 3.05) is 26.2 Å². The van der Waals surface area contributed by atoms with Gasteiger partial charge in [0.05, 0.1) is 12.7 Å². The third-order valence-electron chi connectivity index (χ3n) is 3.36. The van der Waals surface area contributed by atoms with Crippen LogP contribution in [-0.4, -0.2) is 49.3 Å². The molecule has 1 aromatic rings. The molecule has 1 aliphatic rings. The van der Waals surface area contributed by atoms with Crippen molar-refractivity contribution < 1.29 is 31.5 Å². The second-order valence-corrected chi connectivity index (χ2v) is 5.18. The summed E-state index contributed by atoms with van der Waals surface area (Å²) in [5, 5.41) is 1.77. The fraction of sp³-hybridized carbons (Fsp3) is 0.500. The molecule has 1 amide bonds. The number of hydrogen-bond acceptors (Lipinski definition) is 3. The van der Waals surface area contributed by atoms with Gasteiger partial charge in [-0.25, -0.2) is 8.78 Å². The Morgan fingerprint density at radius 2 is 2.04 bits per heavy atom. The van der Waals surface area contributed by atoms with Crippen molar-refractivity contribution in [1.29, 1.82) is 0 Å². The molecule has 0 bridgehead atoms. The fourth-order valence-electron chi connectivity index (χ4n) is 2.25. The summed E-state index contributed by atoms with van der Waals surface area (Å²) in [5.74, 6) is -3.91. The lowest BCUT2D eigenvalue weighted by Crippen LogP contribution is -2.49. The van der Waals surface area contributed by atoms with Crippen molar-refractivity contribution in [3.05, 3.63) is 35.4 Å². The van der Waals surface area contributed by atoms with Crippen LogP contribution in [0.15, 0.2) is 18.2 Å². The zero-order chi connectivity index (χ0) is 17.0. The van der Waals surface area contributed by atoms with Crippen LogP contribution in [0.5, 0.6) is 0 Å². The van der Waals surface area contributed by atoms with Gasteiger partial charge >= 0.3 is 12.1 Å². The molecule has 2 rings (SSSR count). The van der Waals surface area contributed by atoms with Crippen molar-refractivity contribution >= 4 is 5.91 Å². The molecular weight excluding hydrogens is 323 g/mol. The van der Waals surface area contributed by atoms with E-state index in [1.807, 2.05) is 4.90 Å². The monoisotopic (exact) mass is 338 g/mol. The molecule has 0 spiro atoms. The van der Waals surface area contributed by atoms with Gasteiger partial charge in [0.15, 0.2) is 11.6 Å². The summed E-state index contributed by atoms with van der Waals surface area (Å²) in [6, 6.07) is 3.53. The summed E-state index contributed by atoms with van der Waals surface area (Å²) in [5.41, 5.74) is 0.545. The normalized spacial score (nSPS) is 19.6. The molecule has 1 aromatic carbocycles. The van der Waals surface area contributed by atoms with E-state index < -0.39 is 29.8 Å². The molecule has 1 fully saturated rings. The molecule has 0 aliphatic carbocycles. The van der Waals surface area contributed by atoms with Gasteiger partial charge in [-0.2, -0.15) is 13.2 Å². The molecule has 0 radical (unpaired) electrons. The van der Waals surface area contributed by atoms with Crippen molar-refractivity contribution in [1.82, 2.24) is 10.2 Å². The maximum atomic E-state index is 13.2. The van der Waals surface area contributed by atoms with Crippen LogP contribution >= 0.6 is 0 Å². The van der Waals surface area contributed by atoms with E-state index in [1.165, 1.54) is 6.07 Å². The van der Waals surface area contributed by atoms with Crippen molar-refractivity contribution in [3.63, 3.8) is 0 Å². The molecule has 0 aromatic heterocycles. The highest BCUT2D eigenvalue weighted by atomic mass is 19.4. The minimum Gasteiger partial charge on any atom is -0.374 e. The van der Waals surface area contributed by atoms with Crippen LogP contribution in [0.2, 0.25) is 0 Å². The van der Waals surface area contributed by atoms with Gasteiger partial charge in [-0.1, -0.05) is 6.07 Å². The van der Waals surface area contributed by atoms with Crippen LogP contribution in [0.3, 0.4) is 0 Å². The summed E-state index contributed by atoms with van der Waals surface area (Å²) >= 11 is 0. The number of ether oxygens (including phenoxy) is 1. The van der Waals surface area contributed by atoms with Crippen LogP contribution < -0.4 is 5.32 Å². The average Bonchev–Trinajstić information content (AvgIpc) is 2.48. The first kappa shape index (κ1) is 17.6. The number of carbonyl (C=O) groups is 1. The maximum Gasteiger partial charge on any atom is 0.471 e. The lowest BCUT2D eigenvalue weighted by Gasteiger charge is -2.33. The second kappa shape index (κ2) is 7.22. The summed E-state index contributed by atoms with van der Waals surface area (Å²) < 4.78 is 67.6. The van der Waals surface area contributed by atoms with Crippen molar-refractivity contribution in [2.45, 2.75) is 18.8 Å². The van der Waals surface area contributed by atoms with E-state index in [0.717, 1.165) is 12.1 Å². The highest BCUT2D eigenvalue weighted by molar-refractivity contribution is 5.81. The Kier molecular flexibility index (Phi) is 5.53. The minimum atomic E-state index is -4.93. The number of nitrogens with one attached hydrogen (secondary N) is 1. The van der Waals surface area contributed by atoms with Gasteiger partial charge in [0, 0.05) is 26.2 Å². The van der Waals surface area contributed by atoms with Gasteiger partial charge in [0.1, 0.15) is 0 Å². The number of hydrogen-bond donors (Lipinski definition) is 1. The van der Waals surface area contributed by atoms with Crippen LogP contribution in [0.25, 0.3) is 0 Å². The minimum absolute atomic E-state index is 0.271. The lowest BCUT2D eigenvalue weighted by atomic mass is 10.1. The number of carbonyl (C=O) groups excluding carboxylic acids is 1. The SMILES string of the molecule is O=C(NCC1CN(Cc2ccc(F)c(F)c2)CCO1)C(F)(F)F. The molecule has 23 heavy (non-hydrogen) atoms. The van der Waals surface area contributed by atoms with E-state index in [1.54, 1.807) is 5.32 Å². The van der Waals surface area contributed by atoms with Crippen molar-refractivity contribution in [2.24, 2.45) is 0 Å². The number of morpholine rings is 1. The van der Waals surface area contributed by atoms with E-state index in [-0.39, 0.29) is 19.7 Å². The van der Waals surface area contributed by atoms with Crippen LogP contribution in [0.1, 0.15) is 5.56 Å². The Hall–Kier alpha value is -1.74. The standard InChI is InChI=1S/C14H15F5N2O2/c15-11-2-1-9(5-12(11)16)7-21-3-4-23-10(8-21)6-20-13(22)14(17,18)19/h1-2,5,10H,3-4,6-8H2,(H,20,22). The maximum absolute atomic E-state index is 13.2. The summed E-state index contributed by atoms with van der Waals surface area (Å²) in [6.45, 7) is 1.09. The van der Waals surface area contributed by atoms with Gasteiger partial charge in [0.2, 0.25) is 0 Å². The number of halogens is 5. The molecule has 0 saturated carbocycles. The van der Waals surface area contributed by atoms with Gasteiger partial charge in [-0.05, 0) is 17.7 Å². The van der Waals surface area contributed by atoms with Crippen LogP contribution in [-0.2, 0) is 16.1 Å². The third kappa shape index (κ3) is 5.14. The first-order chi connectivity index (χ1) is 10.8. The molecule has 1 unspecified atom stereocenters. The molecule has 4 nitrogen and oxygen atoms in total. The van der Waals surface area contributed by atoms with E-state index in [0.29, 0.717) is 18.7 Å². The molecule has 9 heteroatoms. The van der Waals surface area contributed by atoms with Gasteiger partial charge in [-0.15, -0.1) is 0 Å². The van der Waals surface area contributed by atoms with Crippen molar-refractivity contribution in [3.8, 4) is 0 Å². The Morgan fingerprint density at radius 1 is 1.30 bits per heavy atom. The number of nitrogens with zero attached hydrogens (tertiary/aromatic N) is 1. The van der Waals surface area contributed by atoms with Gasteiger partial charge in [-0.3, -0.25) is 9.69 Å². The largest absolute Gasteiger partial charge is 0.471 e. The third-order valence-corrected chi connectivity index (χ3v) is 3.36. The molecular formula is C14H15F5N2O2. The highest BCUT2D eigenvalue weighted by Gasteiger charge is 2.38. The zero-order valence-electron chi connectivity index (χ0n) is 12.0. The Balaban J connectivity index is 1.85. The van der Waals surface area contributed by atoms with E-state index in [9.17, 15) is 26.7 Å². The van der Waals surface area contributed by atoms with Gasteiger partial charge < -0.3 is 10.1 Å². The van der Waals surface area contributed by atoms with E-state index in [4.69, 9.17) is 4.74 Å². The number of rotatable bonds is 4. The Morgan fingerprint density at radius 3 is 2.70 bits per heavy atom. The van der Waals surface area contributed by atoms with E-state index in [2.05, 4.69) is 0 Å². The molecule has 1 heterocycles. The second-order valence-electron chi connectivity index (χ2n) is 5.18. The zero-order valence-corrected chi connectivity index (χ0v) is 12.0. The number of benzene rings is 1. The summed E-state index contributed by atoms with van der Waals surface area (Å²) in [4.78, 5) is 12.6. The average molecular weight is 338 g/mol. The van der Waals surface area contributed by atoms with Gasteiger partial charge in [0.25, 0.3) is 0 Å². The summed E-state index contributed by atoms with van der Waals surface area (Å²) in [7, 11) is 0. The highest BCUT2D eigenvalue weighted by Crippen LogP contribution is 2.15. The first-order valence-electron chi connectivity index (χ1n) is 6.88. The first-order valence-corrected chi connectivity index (χ1v) is 6.88. The fourth-order valence-corrected chi connectivity index (χ4v) is 2.25. The predicted molar refractivity (Wildman–Crippen MR) is 70.4 cm³/mol. The quantitative estimate of drug-likeness (QED) is 0.852. The molecule has 1 N–H and O–H groups in total. The summed E-state index contributed by atoms with van der Waals surface area (Å²) in [6.07, 6.45) is -5.53. The smallest absolute Gasteiger partial charge is 0.374 e. The topological polar surface area (TPSA) is 41.6 Å². The van der Waals surface area contributed by atoms with Crippen LogP contribution in [0.4, 0.5) is 22.0 Å². The molecule has 1 saturated heterocycles. The predicted octanol–water partition coefficient (Wildman–Crippen LogP) is 1.84. The molecule has 128 valence electrons.